The number of amides is 2. The number of carbonyl (C=O) groups excluding carboxylic acids is 2. The predicted molar refractivity (Wildman–Crippen MR) is 120 cm³/mol. The molecule has 1 saturated heterocycles. The summed E-state index contributed by atoms with van der Waals surface area (Å²) in [5.41, 5.74) is 3.78. The molecule has 0 spiro atoms. The molecule has 1 aliphatic heterocycles. The molecule has 1 atom stereocenters. The average Bonchev–Trinajstić information content (AvgIpc) is 3.47. The average molecular weight is 442 g/mol. The molecular weight excluding hydrogens is 414 g/mol. The van der Waals surface area contributed by atoms with Crippen molar-refractivity contribution in [2.24, 2.45) is 0 Å². The summed E-state index contributed by atoms with van der Waals surface area (Å²) in [5.74, 6) is 0.0972. The van der Waals surface area contributed by atoms with Gasteiger partial charge in [0.05, 0.1) is 23.6 Å². The lowest BCUT2D eigenvalue weighted by atomic mass is 9.95. The number of nitrogens with one attached hydrogen (secondary N) is 2. The maximum absolute atomic E-state index is 13.0. The van der Waals surface area contributed by atoms with Crippen molar-refractivity contribution < 1.29 is 14.3 Å². The van der Waals surface area contributed by atoms with Crippen LogP contribution in [0.25, 0.3) is 10.2 Å². The number of aryl methyl sites for hydroxylation is 2. The molecule has 3 aromatic heterocycles. The van der Waals surface area contributed by atoms with Crippen molar-refractivity contribution in [2.75, 3.05) is 33.4 Å². The van der Waals surface area contributed by atoms with Crippen LogP contribution in [0.3, 0.4) is 0 Å². The summed E-state index contributed by atoms with van der Waals surface area (Å²) in [5, 5.41) is 11.1. The molecule has 1 fully saturated rings. The number of aromatic nitrogens is 3. The summed E-state index contributed by atoms with van der Waals surface area (Å²) in [6.07, 6.45) is 2.92. The number of rotatable bonds is 7. The second-order valence-corrected chi connectivity index (χ2v) is 8.86. The van der Waals surface area contributed by atoms with E-state index in [2.05, 4.69) is 20.5 Å². The number of hydrogen-bond donors (Lipinski definition) is 2. The number of pyridine rings is 1. The van der Waals surface area contributed by atoms with Crippen LogP contribution < -0.4 is 5.32 Å². The van der Waals surface area contributed by atoms with Crippen LogP contribution in [0.15, 0.2) is 18.3 Å². The number of thiophene rings is 1. The molecule has 0 unspecified atom stereocenters. The molecule has 8 nitrogen and oxygen atoms in total. The normalized spacial score (nSPS) is 16.2. The Hall–Kier alpha value is -2.78. The molecule has 164 valence electrons. The molecule has 4 heterocycles. The lowest BCUT2D eigenvalue weighted by Gasteiger charge is -2.17. The standard InChI is InChI=1S/C22H27N5O3S/c1-13-17(14(2)26-25-13)11-18(28)27-9-6-15(12-27)19-16-5-4-7-24-22(16)31-20(19)21(29)23-8-10-30-3/h4-5,7,15H,6,8-12H2,1-3H3,(H,23,29)(H,25,26)/t15-/m0/s1. The smallest absolute Gasteiger partial charge is 0.261 e. The maximum atomic E-state index is 13.0. The maximum Gasteiger partial charge on any atom is 0.261 e. The van der Waals surface area contributed by atoms with E-state index in [0.29, 0.717) is 37.5 Å². The molecule has 0 bridgehead atoms. The molecule has 2 N–H and O–H groups in total. The molecule has 0 saturated carbocycles. The molecular formula is C22H27N5O3S. The minimum Gasteiger partial charge on any atom is -0.383 e. The molecule has 31 heavy (non-hydrogen) atoms. The largest absolute Gasteiger partial charge is 0.383 e. The monoisotopic (exact) mass is 441 g/mol. The van der Waals surface area contributed by atoms with Crippen molar-refractivity contribution in [3.63, 3.8) is 0 Å². The summed E-state index contributed by atoms with van der Waals surface area (Å²) in [6.45, 7) is 6.06. The van der Waals surface area contributed by atoms with E-state index < -0.39 is 0 Å². The Morgan fingerprint density at radius 1 is 1.39 bits per heavy atom. The van der Waals surface area contributed by atoms with E-state index in [4.69, 9.17) is 4.74 Å². The van der Waals surface area contributed by atoms with Gasteiger partial charge in [-0.1, -0.05) is 6.07 Å². The van der Waals surface area contributed by atoms with Gasteiger partial charge in [-0.15, -0.1) is 11.3 Å². The Balaban J connectivity index is 1.55. The van der Waals surface area contributed by atoms with E-state index >= 15 is 0 Å². The van der Waals surface area contributed by atoms with Crippen molar-refractivity contribution in [1.82, 2.24) is 25.4 Å². The van der Waals surface area contributed by atoms with Gasteiger partial charge < -0.3 is 15.0 Å². The van der Waals surface area contributed by atoms with Crippen molar-refractivity contribution in [3.05, 3.63) is 45.7 Å². The second-order valence-electron chi connectivity index (χ2n) is 7.86. The molecule has 4 rings (SSSR count). The third kappa shape index (κ3) is 4.33. The number of aromatic amines is 1. The number of likely N-dealkylation sites (tertiary alicyclic amines) is 1. The van der Waals surface area contributed by atoms with Gasteiger partial charge in [0.1, 0.15) is 4.83 Å². The van der Waals surface area contributed by atoms with Gasteiger partial charge in [0, 0.05) is 55.5 Å². The van der Waals surface area contributed by atoms with Crippen LogP contribution in [-0.2, 0) is 16.0 Å². The van der Waals surface area contributed by atoms with Crippen LogP contribution in [0, 0.1) is 13.8 Å². The van der Waals surface area contributed by atoms with E-state index in [9.17, 15) is 9.59 Å². The zero-order chi connectivity index (χ0) is 22.0. The quantitative estimate of drug-likeness (QED) is 0.549. The highest BCUT2D eigenvalue weighted by molar-refractivity contribution is 7.20. The minimum absolute atomic E-state index is 0.0962. The Kier molecular flexibility index (Phi) is 6.33. The SMILES string of the molecule is COCCNC(=O)c1sc2ncccc2c1[C@H]1CCN(C(=O)Cc2c(C)n[nH]c2C)C1. The first kappa shape index (κ1) is 21.5. The van der Waals surface area contributed by atoms with Crippen molar-refractivity contribution in [1.29, 1.82) is 0 Å². The molecule has 0 aliphatic carbocycles. The van der Waals surface area contributed by atoms with Crippen LogP contribution >= 0.6 is 11.3 Å². The van der Waals surface area contributed by atoms with Gasteiger partial charge in [-0.3, -0.25) is 14.7 Å². The van der Waals surface area contributed by atoms with Gasteiger partial charge in [0.15, 0.2) is 0 Å². The van der Waals surface area contributed by atoms with Crippen molar-refractivity contribution >= 4 is 33.4 Å². The highest BCUT2D eigenvalue weighted by Crippen LogP contribution is 2.39. The first-order chi connectivity index (χ1) is 15.0. The lowest BCUT2D eigenvalue weighted by Crippen LogP contribution is -2.30. The Bertz CT molecular complexity index is 1090. The van der Waals surface area contributed by atoms with E-state index in [1.807, 2.05) is 30.9 Å². The number of nitrogens with zero attached hydrogens (tertiary/aromatic N) is 3. The van der Waals surface area contributed by atoms with E-state index in [1.54, 1.807) is 13.3 Å². The van der Waals surface area contributed by atoms with Crippen LogP contribution in [0.2, 0.25) is 0 Å². The second kappa shape index (κ2) is 9.15. The highest BCUT2D eigenvalue weighted by atomic mass is 32.1. The predicted octanol–water partition coefficient (Wildman–Crippen LogP) is 2.57. The lowest BCUT2D eigenvalue weighted by molar-refractivity contribution is -0.129. The summed E-state index contributed by atoms with van der Waals surface area (Å²) in [7, 11) is 1.61. The molecule has 0 radical (unpaired) electrons. The number of methoxy groups -OCH3 is 1. The number of fused-ring (bicyclic) bond motifs is 1. The summed E-state index contributed by atoms with van der Waals surface area (Å²) in [4.78, 5) is 33.8. The molecule has 9 heteroatoms. The minimum atomic E-state index is -0.107. The zero-order valence-corrected chi connectivity index (χ0v) is 18.8. The highest BCUT2D eigenvalue weighted by Gasteiger charge is 2.33. The molecule has 3 aromatic rings. The fourth-order valence-electron chi connectivity index (χ4n) is 4.19. The first-order valence-electron chi connectivity index (χ1n) is 10.4. The Morgan fingerprint density at radius 3 is 2.97 bits per heavy atom. The van der Waals surface area contributed by atoms with Gasteiger partial charge in [0.2, 0.25) is 5.91 Å². The fourth-order valence-corrected chi connectivity index (χ4v) is 5.34. The summed E-state index contributed by atoms with van der Waals surface area (Å²) >= 11 is 1.41. The van der Waals surface area contributed by atoms with Crippen molar-refractivity contribution in [2.45, 2.75) is 32.6 Å². The summed E-state index contributed by atoms with van der Waals surface area (Å²) in [6, 6.07) is 3.91. The van der Waals surface area contributed by atoms with E-state index in [1.165, 1.54) is 11.3 Å². The zero-order valence-electron chi connectivity index (χ0n) is 18.0. The fraction of sp³-hybridized carbons (Fsp3) is 0.455. The van der Waals surface area contributed by atoms with Crippen LogP contribution in [0.4, 0.5) is 0 Å². The van der Waals surface area contributed by atoms with Gasteiger partial charge in [-0.25, -0.2) is 4.98 Å². The topological polar surface area (TPSA) is 100 Å². The van der Waals surface area contributed by atoms with Crippen LogP contribution in [0.5, 0.6) is 0 Å². The third-order valence-electron chi connectivity index (χ3n) is 5.86. The van der Waals surface area contributed by atoms with Crippen LogP contribution in [0.1, 0.15) is 44.5 Å². The van der Waals surface area contributed by atoms with Crippen molar-refractivity contribution in [3.8, 4) is 0 Å². The number of hydrogen-bond acceptors (Lipinski definition) is 6. The van der Waals surface area contributed by atoms with Gasteiger partial charge >= 0.3 is 0 Å². The third-order valence-corrected chi connectivity index (χ3v) is 6.99. The van der Waals surface area contributed by atoms with Gasteiger partial charge in [-0.2, -0.15) is 5.10 Å². The Labute approximate surface area is 185 Å². The summed E-state index contributed by atoms with van der Waals surface area (Å²) < 4.78 is 5.04. The van der Waals surface area contributed by atoms with E-state index in [-0.39, 0.29) is 17.7 Å². The molecule has 1 aliphatic rings. The van der Waals surface area contributed by atoms with E-state index in [0.717, 1.165) is 39.2 Å². The Morgan fingerprint density at radius 2 is 2.23 bits per heavy atom. The number of H-pyrrole nitrogens is 1. The number of carbonyl (C=O) groups is 2. The number of ether oxygens (including phenoxy) is 1. The van der Waals surface area contributed by atoms with Crippen LogP contribution in [-0.4, -0.2) is 65.2 Å². The van der Waals surface area contributed by atoms with Gasteiger partial charge in [-0.05, 0) is 31.9 Å². The molecule has 2 amide bonds. The first-order valence-corrected chi connectivity index (χ1v) is 11.2. The van der Waals surface area contributed by atoms with Gasteiger partial charge in [0.25, 0.3) is 5.91 Å². The molecule has 0 aromatic carbocycles.